The van der Waals surface area contributed by atoms with Crippen molar-refractivity contribution in [3.05, 3.63) is 34.4 Å². The Balaban J connectivity index is 2.62. The van der Waals surface area contributed by atoms with Crippen LogP contribution in [0.4, 0.5) is 0 Å². The van der Waals surface area contributed by atoms with E-state index in [1.807, 2.05) is 0 Å². The minimum absolute atomic E-state index is 0.214. The first-order valence-corrected chi connectivity index (χ1v) is 6.89. The Bertz CT molecular complexity index is 355. The van der Waals surface area contributed by atoms with Crippen LogP contribution < -0.4 is 5.73 Å². The number of benzene rings is 1. The van der Waals surface area contributed by atoms with Crippen LogP contribution in [0.5, 0.6) is 0 Å². The van der Waals surface area contributed by atoms with Gasteiger partial charge in [0, 0.05) is 6.04 Å². The number of rotatable bonds is 6. The third-order valence-electron chi connectivity index (χ3n) is 3.65. The molecule has 0 aliphatic carbocycles. The van der Waals surface area contributed by atoms with Gasteiger partial charge in [0.15, 0.2) is 0 Å². The summed E-state index contributed by atoms with van der Waals surface area (Å²) in [4.78, 5) is 0. The van der Waals surface area contributed by atoms with Gasteiger partial charge in [-0.2, -0.15) is 0 Å². The number of aryl methyl sites for hydroxylation is 3. The molecule has 0 amide bonds. The molecule has 17 heavy (non-hydrogen) atoms. The van der Waals surface area contributed by atoms with Gasteiger partial charge in [-0.1, -0.05) is 44.7 Å². The predicted molar refractivity (Wildman–Crippen MR) is 76.3 cm³/mol. The van der Waals surface area contributed by atoms with Crippen LogP contribution in [0.15, 0.2) is 12.1 Å². The molecule has 2 N–H and O–H groups in total. The summed E-state index contributed by atoms with van der Waals surface area (Å²) in [5.74, 6) is 0. The van der Waals surface area contributed by atoms with E-state index in [2.05, 4.69) is 39.8 Å². The summed E-state index contributed by atoms with van der Waals surface area (Å²) in [7, 11) is 0. The smallest absolute Gasteiger partial charge is 0.0297 e. The van der Waals surface area contributed by atoms with Crippen molar-refractivity contribution in [1.82, 2.24) is 0 Å². The SMILES string of the molecule is CCCCCCC(N)c1cc(C)c(C)cc1C. The van der Waals surface area contributed by atoms with E-state index in [4.69, 9.17) is 5.73 Å². The van der Waals surface area contributed by atoms with Gasteiger partial charge >= 0.3 is 0 Å². The average Bonchev–Trinajstić information content (AvgIpc) is 2.29. The first-order chi connectivity index (χ1) is 8.06. The summed E-state index contributed by atoms with van der Waals surface area (Å²) in [5, 5.41) is 0. The van der Waals surface area contributed by atoms with E-state index in [0.717, 1.165) is 6.42 Å². The Kier molecular flexibility index (Phi) is 5.70. The zero-order chi connectivity index (χ0) is 12.8. The molecule has 0 bridgehead atoms. The molecule has 0 aromatic heterocycles. The van der Waals surface area contributed by atoms with Crippen LogP contribution in [0.3, 0.4) is 0 Å². The number of nitrogens with two attached hydrogens (primary N) is 1. The van der Waals surface area contributed by atoms with Gasteiger partial charge in [-0.05, 0) is 49.4 Å². The molecule has 1 rings (SSSR count). The van der Waals surface area contributed by atoms with Crippen molar-refractivity contribution < 1.29 is 0 Å². The highest BCUT2D eigenvalue weighted by atomic mass is 14.6. The van der Waals surface area contributed by atoms with Crippen LogP contribution in [0.2, 0.25) is 0 Å². The molecule has 1 aromatic carbocycles. The highest BCUT2D eigenvalue weighted by Gasteiger charge is 2.10. The Morgan fingerprint density at radius 1 is 0.941 bits per heavy atom. The highest BCUT2D eigenvalue weighted by molar-refractivity contribution is 5.38. The zero-order valence-electron chi connectivity index (χ0n) is 11.8. The van der Waals surface area contributed by atoms with Crippen LogP contribution in [0.1, 0.15) is 67.3 Å². The second-order valence-electron chi connectivity index (χ2n) is 5.25. The van der Waals surface area contributed by atoms with Crippen molar-refractivity contribution in [3.8, 4) is 0 Å². The molecular weight excluding hydrogens is 206 g/mol. The number of hydrogen-bond donors (Lipinski definition) is 1. The maximum Gasteiger partial charge on any atom is 0.0297 e. The lowest BCUT2D eigenvalue weighted by atomic mass is 9.93. The predicted octanol–water partition coefficient (Wildman–Crippen LogP) is 4.58. The summed E-state index contributed by atoms with van der Waals surface area (Å²) >= 11 is 0. The lowest BCUT2D eigenvalue weighted by Crippen LogP contribution is -2.12. The largest absolute Gasteiger partial charge is 0.324 e. The molecule has 96 valence electrons. The minimum atomic E-state index is 0.214. The van der Waals surface area contributed by atoms with Gasteiger partial charge in [-0.15, -0.1) is 0 Å². The fourth-order valence-corrected chi connectivity index (χ4v) is 2.33. The van der Waals surface area contributed by atoms with E-state index < -0.39 is 0 Å². The Morgan fingerprint density at radius 3 is 2.24 bits per heavy atom. The molecule has 0 saturated heterocycles. The zero-order valence-corrected chi connectivity index (χ0v) is 11.8. The quantitative estimate of drug-likeness (QED) is 0.715. The number of unbranched alkanes of at least 4 members (excludes halogenated alkanes) is 3. The molecule has 0 heterocycles. The standard InChI is InChI=1S/C16H27N/c1-5-6-7-8-9-16(17)15-11-13(3)12(2)10-14(15)4/h10-11,16H,5-9,17H2,1-4H3. The lowest BCUT2D eigenvalue weighted by Gasteiger charge is -2.16. The topological polar surface area (TPSA) is 26.0 Å². The van der Waals surface area contributed by atoms with E-state index in [-0.39, 0.29) is 6.04 Å². The van der Waals surface area contributed by atoms with Crippen molar-refractivity contribution in [2.24, 2.45) is 5.73 Å². The van der Waals surface area contributed by atoms with Crippen molar-refractivity contribution in [2.45, 2.75) is 65.8 Å². The van der Waals surface area contributed by atoms with Crippen LogP contribution in [-0.2, 0) is 0 Å². The molecule has 0 aliphatic rings. The average molecular weight is 233 g/mol. The van der Waals surface area contributed by atoms with Crippen molar-refractivity contribution >= 4 is 0 Å². The molecule has 0 spiro atoms. The third-order valence-corrected chi connectivity index (χ3v) is 3.65. The van der Waals surface area contributed by atoms with E-state index in [0.29, 0.717) is 0 Å². The van der Waals surface area contributed by atoms with Crippen LogP contribution >= 0.6 is 0 Å². The van der Waals surface area contributed by atoms with Gasteiger partial charge in [0.1, 0.15) is 0 Å². The minimum Gasteiger partial charge on any atom is -0.324 e. The second-order valence-corrected chi connectivity index (χ2v) is 5.25. The molecule has 1 heteroatoms. The Labute approximate surface area is 106 Å². The van der Waals surface area contributed by atoms with Gasteiger partial charge in [0.2, 0.25) is 0 Å². The summed E-state index contributed by atoms with van der Waals surface area (Å²) in [6.07, 6.45) is 6.30. The summed E-state index contributed by atoms with van der Waals surface area (Å²) in [6, 6.07) is 4.75. The van der Waals surface area contributed by atoms with Gasteiger partial charge in [-0.3, -0.25) is 0 Å². The van der Waals surface area contributed by atoms with Crippen molar-refractivity contribution in [1.29, 1.82) is 0 Å². The first-order valence-electron chi connectivity index (χ1n) is 6.89. The van der Waals surface area contributed by atoms with Gasteiger partial charge in [-0.25, -0.2) is 0 Å². The van der Waals surface area contributed by atoms with Gasteiger partial charge in [0.05, 0.1) is 0 Å². The molecule has 0 fully saturated rings. The molecule has 0 saturated carbocycles. The highest BCUT2D eigenvalue weighted by Crippen LogP contribution is 2.24. The molecule has 1 atom stereocenters. The summed E-state index contributed by atoms with van der Waals surface area (Å²) in [6.45, 7) is 8.75. The fourth-order valence-electron chi connectivity index (χ4n) is 2.33. The monoisotopic (exact) mass is 233 g/mol. The Hall–Kier alpha value is -0.820. The van der Waals surface area contributed by atoms with E-state index >= 15 is 0 Å². The number of hydrogen-bond acceptors (Lipinski definition) is 1. The lowest BCUT2D eigenvalue weighted by molar-refractivity contribution is 0.564. The van der Waals surface area contributed by atoms with E-state index in [9.17, 15) is 0 Å². The van der Waals surface area contributed by atoms with Gasteiger partial charge in [0.25, 0.3) is 0 Å². The molecular formula is C16H27N. The third kappa shape index (κ3) is 4.16. The normalized spacial score (nSPS) is 12.8. The fraction of sp³-hybridized carbons (Fsp3) is 0.625. The summed E-state index contributed by atoms with van der Waals surface area (Å²) < 4.78 is 0. The van der Waals surface area contributed by atoms with E-state index in [1.165, 1.54) is 47.9 Å². The van der Waals surface area contributed by atoms with Crippen LogP contribution in [-0.4, -0.2) is 0 Å². The second kappa shape index (κ2) is 6.80. The first kappa shape index (κ1) is 14.2. The molecule has 1 unspecified atom stereocenters. The van der Waals surface area contributed by atoms with Crippen molar-refractivity contribution in [3.63, 3.8) is 0 Å². The maximum atomic E-state index is 6.30. The Morgan fingerprint density at radius 2 is 1.59 bits per heavy atom. The molecule has 1 nitrogen and oxygen atoms in total. The molecule has 1 aromatic rings. The van der Waals surface area contributed by atoms with E-state index in [1.54, 1.807) is 0 Å². The van der Waals surface area contributed by atoms with Gasteiger partial charge < -0.3 is 5.73 Å². The maximum absolute atomic E-state index is 6.30. The van der Waals surface area contributed by atoms with Crippen LogP contribution in [0, 0.1) is 20.8 Å². The van der Waals surface area contributed by atoms with Crippen molar-refractivity contribution in [2.75, 3.05) is 0 Å². The molecule has 0 aliphatic heterocycles. The molecule has 0 radical (unpaired) electrons. The summed E-state index contributed by atoms with van der Waals surface area (Å²) in [5.41, 5.74) is 11.7. The van der Waals surface area contributed by atoms with Crippen LogP contribution in [0.25, 0.3) is 0 Å².